The Hall–Kier alpha value is -2.48. The highest BCUT2D eigenvalue weighted by molar-refractivity contribution is 7.18. The van der Waals surface area contributed by atoms with Gasteiger partial charge in [0.05, 0.1) is 17.0 Å². The molecule has 0 atom stereocenters. The fraction of sp³-hybridized carbons (Fsp3) is 0.444. The molecule has 0 saturated carbocycles. The number of esters is 1. The van der Waals surface area contributed by atoms with Crippen LogP contribution in [0, 0.1) is 6.92 Å². The summed E-state index contributed by atoms with van der Waals surface area (Å²) in [4.78, 5) is 37.4. The number of amides is 1. The van der Waals surface area contributed by atoms with E-state index < -0.39 is 11.9 Å². The lowest BCUT2D eigenvalue weighted by Gasteiger charge is -2.05. The summed E-state index contributed by atoms with van der Waals surface area (Å²) in [5, 5.41) is 6.70. The number of ether oxygens (including phenoxy) is 1. The molecule has 0 aliphatic rings. The summed E-state index contributed by atoms with van der Waals surface area (Å²) in [5.41, 5.74) is 0.825. The lowest BCUT2D eigenvalue weighted by atomic mass is 10.1. The number of nitrogens with zero attached hydrogens (tertiary/aromatic N) is 1. The van der Waals surface area contributed by atoms with Crippen molar-refractivity contribution in [1.29, 1.82) is 0 Å². The van der Waals surface area contributed by atoms with Crippen LogP contribution in [0.3, 0.4) is 0 Å². The second-order valence-corrected chi connectivity index (χ2v) is 7.00. The van der Waals surface area contributed by atoms with Gasteiger partial charge in [-0.2, -0.15) is 0 Å². The summed E-state index contributed by atoms with van der Waals surface area (Å²) in [6, 6.07) is 1.56. The first-order chi connectivity index (χ1) is 12.3. The summed E-state index contributed by atoms with van der Waals surface area (Å²) in [7, 11) is 0. The number of carbonyl (C=O) groups excluding carboxylic acids is 3. The van der Waals surface area contributed by atoms with Crippen LogP contribution in [0.4, 0.5) is 5.00 Å². The van der Waals surface area contributed by atoms with Gasteiger partial charge >= 0.3 is 5.97 Å². The Balaban J connectivity index is 2.38. The van der Waals surface area contributed by atoms with Crippen LogP contribution >= 0.6 is 11.3 Å². The lowest BCUT2D eigenvalue weighted by Crippen LogP contribution is -2.15. The molecular formula is C18H22N2O5S. The van der Waals surface area contributed by atoms with Crippen LogP contribution < -0.4 is 5.32 Å². The zero-order valence-corrected chi connectivity index (χ0v) is 16.3. The van der Waals surface area contributed by atoms with Crippen molar-refractivity contribution >= 4 is 34.0 Å². The Morgan fingerprint density at radius 2 is 2.00 bits per heavy atom. The molecule has 0 saturated heterocycles. The van der Waals surface area contributed by atoms with Crippen molar-refractivity contribution < 1.29 is 23.6 Å². The van der Waals surface area contributed by atoms with Crippen LogP contribution in [-0.2, 0) is 4.74 Å². The molecular weight excluding hydrogens is 356 g/mol. The second-order valence-electron chi connectivity index (χ2n) is 5.98. The molecule has 0 fully saturated rings. The molecule has 0 radical (unpaired) electrons. The Bertz CT molecular complexity index is 835. The van der Waals surface area contributed by atoms with E-state index >= 15 is 0 Å². The molecule has 8 heteroatoms. The number of carbonyl (C=O) groups is 3. The fourth-order valence-electron chi connectivity index (χ4n) is 2.31. The first kappa shape index (κ1) is 19.8. The van der Waals surface area contributed by atoms with Gasteiger partial charge in [0, 0.05) is 18.4 Å². The summed E-state index contributed by atoms with van der Waals surface area (Å²) < 4.78 is 10.2. The van der Waals surface area contributed by atoms with Crippen molar-refractivity contribution in [2.45, 2.75) is 47.0 Å². The Morgan fingerprint density at radius 1 is 1.31 bits per heavy atom. The average Bonchev–Trinajstić information content (AvgIpc) is 3.20. The van der Waals surface area contributed by atoms with Crippen molar-refractivity contribution in [3.8, 4) is 0 Å². The lowest BCUT2D eigenvalue weighted by molar-refractivity contribution is 0.0527. The predicted molar refractivity (Wildman–Crippen MR) is 98.2 cm³/mol. The SMILES string of the molecule is CCOC(=O)c1c(NC(=O)c2cc(C(C)C)on2)sc(C(=O)CC)c1C. The molecule has 7 nitrogen and oxygen atoms in total. The highest BCUT2D eigenvalue weighted by atomic mass is 32.1. The van der Waals surface area contributed by atoms with E-state index in [1.165, 1.54) is 0 Å². The molecule has 1 N–H and O–H groups in total. The first-order valence-electron chi connectivity index (χ1n) is 8.41. The number of hydrogen-bond donors (Lipinski definition) is 1. The van der Waals surface area contributed by atoms with Crippen LogP contribution in [0.15, 0.2) is 10.6 Å². The van der Waals surface area contributed by atoms with Gasteiger partial charge in [0.15, 0.2) is 11.5 Å². The van der Waals surface area contributed by atoms with Crippen LogP contribution in [-0.4, -0.2) is 29.4 Å². The van der Waals surface area contributed by atoms with E-state index in [9.17, 15) is 14.4 Å². The Labute approximate surface area is 155 Å². The van der Waals surface area contributed by atoms with Crippen molar-refractivity contribution in [3.63, 3.8) is 0 Å². The summed E-state index contributed by atoms with van der Waals surface area (Å²) >= 11 is 1.07. The summed E-state index contributed by atoms with van der Waals surface area (Å²) in [6.07, 6.45) is 0.304. The number of ketones is 1. The topological polar surface area (TPSA) is 98.5 Å². The summed E-state index contributed by atoms with van der Waals surface area (Å²) in [6.45, 7) is 9.15. The highest BCUT2D eigenvalue weighted by Crippen LogP contribution is 2.35. The monoisotopic (exact) mass is 378 g/mol. The molecule has 2 rings (SSSR count). The minimum absolute atomic E-state index is 0.0944. The maximum Gasteiger partial charge on any atom is 0.341 e. The normalized spacial score (nSPS) is 10.8. The molecule has 0 aliphatic carbocycles. The number of rotatable bonds is 7. The minimum atomic E-state index is -0.574. The largest absolute Gasteiger partial charge is 0.462 e. The standard InChI is InChI=1S/C18H22N2O5S/c1-6-12(21)15-10(5)14(18(23)24-7-2)17(26-15)19-16(22)11-8-13(9(3)4)25-20-11/h8-9H,6-7H2,1-5H3,(H,19,22). The van der Waals surface area contributed by atoms with Crippen LogP contribution in [0.1, 0.15) is 81.9 Å². The van der Waals surface area contributed by atoms with E-state index in [4.69, 9.17) is 9.26 Å². The molecule has 26 heavy (non-hydrogen) atoms. The molecule has 140 valence electrons. The van der Waals surface area contributed by atoms with Gasteiger partial charge in [-0.15, -0.1) is 11.3 Å². The number of nitrogens with one attached hydrogen (secondary N) is 1. The first-order valence-corrected chi connectivity index (χ1v) is 9.23. The van der Waals surface area contributed by atoms with E-state index in [0.717, 1.165) is 11.3 Å². The van der Waals surface area contributed by atoms with Crippen LogP contribution in [0.5, 0.6) is 0 Å². The maximum atomic E-state index is 12.5. The third-order valence-electron chi connectivity index (χ3n) is 3.76. The highest BCUT2D eigenvalue weighted by Gasteiger charge is 2.27. The van der Waals surface area contributed by atoms with Gasteiger partial charge in [-0.1, -0.05) is 25.9 Å². The number of Topliss-reactive ketones (excluding diaryl/α,β-unsaturated/α-hetero) is 1. The fourth-order valence-corrected chi connectivity index (χ4v) is 3.51. The van der Waals surface area contributed by atoms with Crippen molar-refractivity contribution in [2.75, 3.05) is 11.9 Å². The van der Waals surface area contributed by atoms with Gasteiger partial charge in [-0.3, -0.25) is 9.59 Å². The number of aromatic nitrogens is 1. The van der Waals surface area contributed by atoms with Gasteiger partial charge in [-0.05, 0) is 19.4 Å². The molecule has 0 unspecified atom stereocenters. The predicted octanol–water partition coefficient (Wildman–Crippen LogP) is 4.19. The zero-order chi connectivity index (χ0) is 19.4. The Kier molecular flexibility index (Phi) is 6.31. The molecule has 2 aromatic heterocycles. The zero-order valence-electron chi connectivity index (χ0n) is 15.5. The second kappa shape index (κ2) is 8.27. The smallest absolute Gasteiger partial charge is 0.341 e. The summed E-state index contributed by atoms with van der Waals surface area (Å²) in [5.74, 6) is -0.498. The third-order valence-corrected chi connectivity index (χ3v) is 5.01. The third kappa shape index (κ3) is 4.01. The molecule has 0 aliphatic heterocycles. The molecule has 2 heterocycles. The molecule has 0 bridgehead atoms. The van der Waals surface area contributed by atoms with Crippen LogP contribution in [0.25, 0.3) is 0 Å². The van der Waals surface area contributed by atoms with Gasteiger partial charge in [0.25, 0.3) is 5.91 Å². The maximum absolute atomic E-state index is 12.5. The number of anilines is 1. The molecule has 2 aromatic rings. The molecule has 0 aromatic carbocycles. The number of hydrogen-bond acceptors (Lipinski definition) is 7. The van der Waals surface area contributed by atoms with Crippen molar-refractivity contribution in [3.05, 3.63) is 33.5 Å². The van der Waals surface area contributed by atoms with Crippen molar-refractivity contribution in [1.82, 2.24) is 5.16 Å². The van der Waals surface area contributed by atoms with Crippen molar-refractivity contribution in [2.24, 2.45) is 0 Å². The van der Waals surface area contributed by atoms with Gasteiger partial charge in [0.1, 0.15) is 10.8 Å². The molecule has 0 spiro atoms. The van der Waals surface area contributed by atoms with E-state index in [-0.39, 0.29) is 34.6 Å². The Morgan fingerprint density at radius 3 is 2.54 bits per heavy atom. The average molecular weight is 378 g/mol. The molecule has 1 amide bonds. The van der Waals surface area contributed by atoms with E-state index in [0.29, 0.717) is 22.6 Å². The van der Waals surface area contributed by atoms with E-state index in [1.54, 1.807) is 26.8 Å². The van der Waals surface area contributed by atoms with Gasteiger partial charge in [-0.25, -0.2) is 4.79 Å². The van der Waals surface area contributed by atoms with Gasteiger partial charge in [0.2, 0.25) is 0 Å². The van der Waals surface area contributed by atoms with Gasteiger partial charge < -0.3 is 14.6 Å². The van der Waals surface area contributed by atoms with E-state index in [1.807, 2.05) is 13.8 Å². The minimum Gasteiger partial charge on any atom is -0.462 e. The van der Waals surface area contributed by atoms with Crippen LogP contribution in [0.2, 0.25) is 0 Å². The number of thiophene rings is 1. The quantitative estimate of drug-likeness (QED) is 0.573. The van der Waals surface area contributed by atoms with E-state index in [2.05, 4.69) is 10.5 Å².